The van der Waals surface area contributed by atoms with E-state index in [-0.39, 0.29) is 61.3 Å². The number of esters is 1. The molecule has 3 aromatic rings. The van der Waals surface area contributed by atoms with Crippen LogP contribution in [0.15, 0.2) is 29.7 Å². The highest BCUT2D eigenvalue weighted by atomic mass is 31.2. The number of ether oxygens (including phenoxy) is 5. The van der Waals surface area contributed by atoms with E-state index < -0.39 is 113 Å². The molecule has 0 radical (unpaired) electrons. The van der Waals surface area contributed by atoms with Gasteiger partial charge in [-0.25, -0.2) is 43.3 Å². The molecule has 372 valence electrons. The summed E-state index contributed by atoms with van der Waals surface area (Å²) in [6.45, 7) is 8.58. The first-order valence-corrected chi connectivity index (χ1v) is 23.7. The Kier molecular flexibility index (Phi) is 15.7. The summed E-state index contributed by atoms with van der Waals surface area (Å²) in [6.07, 6.45) is -8.97. The number of amides is 2. The molecule has 3 fully saturated rings. The van der Waals surface area contributed by atoms with E-state index in [4.69, 9.17) is 44.2 Å². The van der Waals surface area contributed by atoms with Crippen LogP contribution in [0.3, 0.4) is 0 Å². The number of anilines is 2. The third kappa shape index (κ3) is 13.9. The maximum atomic E-state index is 14.2. The minimum Gasteiger partial charge on any atom is -0.455 e. The summed E-state index contributed by atoms with van der Waals surface area (Å²) in [6, 6.07) is -0.518. The summed E-state index contributed by atoms with van der Waals surface area (Å²) >= 11 is 0. The van der Waals surface area contributed by atoms with Gasteiger partial charge in [0.25, 0.3) is 0 Å². The zero-order valence-electron chi connectivity index (χ0n) is 37.1. The first-order valence-electron chi connectivity index (χ1n) is 20.7. The van der Waals surface area contributed by atoms with Crippen LogP contribution in [0.25, 0.3) is 11.2 Å². The van der Waals surface area contributed by atoms with Crippen molar-refractivity contribution in [3.05, 3.63) is 35.4 Å². The Bertz CT molecular complexity index is 2420. The highest BCUT2D eigenvalue weighted by molar-refractivity contribution is 7.47. The highest BCUT2D eigenvalue weighted by Gasteiger charge is 2.50. The molecule has 3 saturated heterocycles. The Morgan fingerprint density at radius 1 is 0.985 bits per heavy atom. The smallest absolute Gasteiger partial charge is 0.455 e. The number of carbonyl (C=O) groups is 3. The van der Waals surface area contributed by atoms with E-state index in [2.05, 4.69) is 35.1 Å². The number of fused-ring (bicyclic) bond motifs is 1. The van der Waals surface area contributed by atoms with E-state index in [0.29, 0.717) is 0 Å². The number of nitrogens with two attached hydrogens (primary N) is 2. The largest absolute Gasteiger partial charge is 0.472 e. The molecule has 0 aliphatic carbocycles. The lowest BCUT2D eigenvalue weighted by molar-refractivity contribution is -0.159. The molecule has 29 nitrogen and oxygen atoms in total. The van der Waals surface area contributed by atoms with Crippen molar-refractivity contribution in [3.8, 4) is 0 Å². The van der Waals surface area contributed by atoms with E-state index >= 15 is 0 Å². The van der Waals surface area contributed by atoms with E-state index in [1.54, 1.807) is 41.5 Å². The number of aliphatic hydroxyl groups excluding tert-OH is 1. The van der Waals surface area contributed by atoms with Gasteiger partial charge in [-0.15, -0.1) is 0 Å². The van der Waals surface area contributed by atoms with Crippen molar-refractivity contribution >= 4 is 56.6 Å². The molecular weight excluding hydrogens is 936 g/mol. The van der Waals surface area contributed by atoms with Crippen LogP contribution in [-0.2, 0) is 51.2 Å². The average molecular weight is 992 g/mol. The predicted octanol–water partition coefficient (Wildman–Crippen LogP) is 0.157. The minimum absolute atomic E-state index is 0.0142. The van der Waals surface area contributed by atoms with Gasteiger partial charge in [0.2, 0.25) is 0 Å². The Hall–Kier alpha value is -4.90. The number of alkyl carbamates (subject to hydrolysis) is 1. The van der Waals surface area contributed by atoms with E-state index in [1.165, 1.54) is 28.1 Å². The number of rotatable bonds is 16. The number of aliphatic hydroxyl groups is 1. The molecule has 0 aromatic carbocycles. The van der Waals surface area contributed by atoms with Crippen LogP contribution < -0.4 is 27.8 Å². The van der Waals surface area contributed by atoms with Gasteiger partial charge in [-0.2, -0.15) is 4.98 Å². The lowest BCUT2D eigenvalue weighted by Gasteiger charge is -2.27. The number of nitrogens with one attached hydrogen (secondary N) is 2. The molecular formula is C36H55N11O18P2. The fourth-order valence-electron chi connectivity index (χ4n) is 7.18. The topological polar surface area (TPSA) is 398 Å². The van der Waals surface area contributed by atoms with E-state index in [1.807, 2.05) is 0 Å². The van der Waals surface area contributed by atoms with Crippen LogP contribution >= 0.6 is 15.6 Å². The number of imidazole rings is 1. The zero-order valence-corrected chi connectivity index (χ0v) is 38.9. The minimum atomic E-state index is -5.27. The normalized spacial score (nSPS) is 26.0. The highest BCUT2D eigenvalue weighted by Crippen LogP contribution is 2.50. The van der Waals surface area contributed by atoms with Gasteiger partial charge in [0.05, 0.1) is 26.2 Å². The number of nitrogen functional groups attached to an aromatic ring is 2. The van der Waals surface area contributed by atoms with Crippen molar-refractivity contribution in [2.45, 2.75) is 127 Å². The van der Waals surface area contributed by atoms with Crippen molar-refractivity contribution < 1.29 is 80.6 Å². The predicted molar refractivity (Wildman–Crippen MR) is 227 cm³/mol. The summed E-state index contributed by atoms with van der Waals surface area (Å²) in [5.74, 6) is -1.22. The van der Waals surface area contributed by atoms with Gasteiger partial charge in [-0.05, 0) is 60.5 Å². The number of phosphoric acid groups is 2. The molecule has 0 saturated carbocycles. The maximum absolute atomic E-state index is 14.2. The van der Waals surface area contributed by atoms with Gasteiger partial charge in [-0.1, -0.05) is 0 Å². The second kappa shape index (κ2) is 20.4. The lowest BCUT2D eigenvalue weighted by Crippen LogP contribution is -2.48. The summed E-state index contributed by atoms with van der Waals surface area (Å²) in [7, 11) is -10.4. The number of carbonyl (C=O) groups excluding carboxylic acids is 3. The Morgan fingerprint density at radius 2 is 1.69 bits per heavy atom. The molecule has 1 unspecified atom stereocenters. The molecule has 10 N–H and O–H groups in total. The first kappa shape index (κ1) is 51.5. The molecule has 10 atom stereocenters. The summed E-state index contributed by atoms with van der Waals surface area (Å²) in [5.41, 5.74) is 9.17. The number of nitrogens with zero attached hydrogens (tertiary/aromatic N) is 7. The van der Waals surface area contributed by atoms with Crippen LogP contribution in [0.4, 0.5) is 21.2 Å². The molecule has 6 rings (SSSR count). The Labute approximate surface area is 381 Å². The molecule has 6 heterocycles. The molecule has 3 aromatic heterocycles. The molecule has 31 heteroatoms. The third-order valence-electron chi connectivity index (χ3n) is 10.1. The first-order chi connectivity index (χ1) is 31.1. The quantitative estimate of drug-likeness (QED) is 0.0538. The Balaban J connectivity index is 1.21. The standard InChI is InChI=1S/C36H55N11O18P2/c1-35(2,3)63-33(51)43-19(8-7-18-12-45(16-41-18)34(52)64-36(4,5)6)31(49)62-27-22(61-30(26(27)48)47-17-42-25-28(38)39-15-40-29(25)47)14-59-67(56,57)65-20-11-24(46-10-9-23(37)44-32(46)50)60-21(20)13-58-66(53,54)55/h9-10,15,17-22,24,26-27,30,41,48H,7-8,11-14,16H2,1-6H3,(H,43,51)(H,56,57)(H2,37,44,50)(H2,38,39,40)(H2,53,54,55)/t18-,19-,20-,21+,22+,24+,26+,27+,30+/m0/s1. The van der Waals surface area contributed by atoms with Crippen LogP contribution in [0.5, 0.6) is 0 Å². The van der Waals surface area contributed by atoms with Crippen molar-refractivity contribution in [2.24, 2.45) is 0 Å². The molecule has 0 bridgehead atoms. The molecule has 3 aliphatic heterocycles. The average Bonchev–Trinajstić information content (AvgIpc) is 4.00. The van der Waals surface area contributed by atoms with Crippen molar-refractivity contribution in [2.75, 3.05) is 37.9 Å². The Morgan fingerprint density at radius 3 is 2.36 bits per heavy atom. The van der Waals surface area contributed by atoms with Gasteiger partial charge in [-0.3, -0.25) is 32.9 Å². The van der Waals surface area contributed by atoms with Crippen LogP contribution in [0, 0.1) is 0 Å². The van der Waals surface area contributed by atoms with Gasteiger partial charge >= 0.3 is 39.5 Å². The van der Waals surface area contributed by atoms with E-state index in [0.717, 1.165) is 10.9 Å². The number of aromatic nitrogens is 6. The summed E-state index contributed by atoms with van der Waals surface area (Å²) < 4.78 is 71.3. The second-order valence-electron chi connectivity index (χ2n) is 17.7. The fourth-order valence-corrected chi connectivity index (χ4v) is 8.48. The van der Waals surface area contributed by atoms with Gasteiger partial charge < -0.3 is 60.3 Å². The number of phosphoric ester groups is 2. The SMILES string of the molecule is CC(C)(C)OC(=O)N[C@@H](CC[C@H]1CN(C(=O)OC(C)(C)C)CN1)C(=O)O[C@H]1[C@@H](O)[C@H](n2cnc3c(N)ncnc32)O[C@@H]1COP(=O)(O)O[C@H]1C[C@H](n2ccc(N)nc2=O)O[C@@H]1COP(=O)(O)O. The molecule has 3 aliphatic rings. The van der Waals surface area contributed by atoms with E-state index in [9.17, 15) is 48.1 Å². The maximum Gasteiger partial charge on any atom is 0.472 e. The molecule has 2 amide bonds. The van der Waals surface area contributed by atoms with Crippen molar-refractivity contribution in [3.63, 3.8) is 0 Å². The molecule has 0 spiro atoms. The lowest BCUT2D eigenvalue weighted by atomic mass is 10.1. The monoisotopic (exact) mass is 991 g/mol. The van der Waals surface area contributed by atoms with Crippen LogP contribution in [0.2, 0.25) is 0 Å². The number of hydrogen-bond donors (Lipinski definition) is 8. The number of hydrogen-bond acceptors (Lipinski definition) is 22. The summed E-state index contributed by atoms with van der Waals surface area (Å²) in [5, 5.41) is 17.5. The second-order valence-corrected chi connectivity index (χ2v) is 20.3. The fraction of sp³-hybridized carbons (Fsp3) is 0.667. The zero-order chi connectivity index (χ0) is 49.2. The van der Waals surface area contributed by atoms with Crippen molar-refractivity contribution in [1.29, 1.82) is 0 Å². The molecule has 67 heavy (non-hydrogen) atoms. The summed E-state index contributed by atoms with van der Waals surface area (Å²) in [4.78, 5) is 99.5. The third-order valence-corrected chi connectivity index (χ3v) is 11.6. The van der Waals surface area contributed by atoms with Gasteiger partial charge in [0.1, 0.15) is 65.5 Å². The van der Waals surface area contributed by atoms with Gasteiger partial charge in [0.15, 0.2) is 23.8 Å². The van der Waals surface area contributed by atoms with Crippen molar-refractivity contribution in [1.82, 2.24) is 44.6 Å². The van der Waals surface area contributed by atoms with Gasteiger partial charge in [0, 0.05) is 25.2 Å². The van der Waals surface area contributed by atoms with Crippen LogP contribution in [-0.4, -0.2) is 152 Å². The van der Waals surface area contributed by atoms with Crippen LogP contribution in [0.1, 0.15) is 73.3 Å².